The summed E-state index contributed by atoms with van der Waals surface area (Å²) >= 11 is 0. The predicted octanol–water partition coefficient (Wildman–Crippen LogP) is 4.29. The molecule has 3 aromatic carbocycles. The minimum atomic E-state index is -0.973. The first-order valence-corrected chi connectivity index (χ1v) is 24.6. The van der Waals surface area contributed by atoms with Gasteiger partial charge in [0.25, 0.3) is 11.8 Å². The number of carbonyl (C=O) groups is 5. The number of para-hydroxylation sites is 1. The van der Waals surface area contributed by atoms with Gasteiger partial charge in [-0.2, -0.15) is 5.10 Å². The number of fused-ring (bicyclic) bond motifs is 2. The third-order valence-corrected chi connectivity index (χ3v) is 15.2. The van der Waals surface area contributed by atoms with Crippen molar-refractivity contribution in [2.75, 3.05) is 76.1 Å². The highest BCUT2D eigenvalue weighted by Crippen LogP contribution is 2.36. The van der Waals surface area contributed by atoms with Crippen LogP contribution in [0.3, 0.4) is 0 Å². The fourth-order valence-electron chi connectivity index (χ4n) is 11.4. The molecule has 3 unspecified atom stereocenters. The zero-order valence-electron chi connectivity index (χ0n) is 38.7. The largest absolute Gasteiger partial charge is 0.457 e. The van der Waals surface area contributed by atoms with Crippen LogP contribution in [0.2, 0.25) is 0 Å². The second-order valence-corrected chi connectivity index (χ2v) is 19.4. The van der Waals surface area contributed by atoms with Crippen LogP contribution in [-0.4, -0.2) is 147 Å². The Morgan fingerprint density at radius 2 is 1.55 bits per heavy atom. The quantitative estimate of drug-likeness (QED) is 0.167. The Morgan fingerprint density at radius 3 is 2.30 bits per heavy atom. The summed E-state index contributed by atoms with van der Waals surface area (Å²) in [6, 6.07) is 21.8. The van der Waals surface area contributed by atoms with Crippen LogP contribution in [-0.2, 0) is 14.4 Å². The highest BCUT2D eigenvalue weighted by Gasteiger charge is 2.45. The minimum Gasteiger partial charge on any atom is -0.457 e. The fraction of sp³-hybridized carbons (Fsp3) is 0.451. The molecule has 18 heteroatoms. The maximum atomic E-state index is 14.1. The van der Waals surface area contributed by atoms with E-state index in [1.165, 1.54) is 6.33 Å². The third-order valence-electron chi connectivity index (χ3n) is 15.2. The SMILES string of the molecule is Nc1ncnc2c1c(-c1ccc(Oc3ccccc3)cc1)nn2[C@@H]1CCCN(C(=O)C2CCC(N3CCC(CN4CCN(c5ccc6c(c5)C(=O)N(C5CCC(=O)NC5=O)C6=O)CC4)CC3)NC2)C1. The predicted molar refractivity (Wildman–Crippen MR) is 257 cm³/mol. The number of nitrogen functional groups attached to an aromatic ring is 1. The number of imide groups is 2. The number of benzene rings is 3. The summed E-state index contributed by atoms with van der Waals surface area (Å²) in [7, 11) is 0. The van der Waals surface area contributed by atoms with E-state index >= 15 is 0 Å². The van der Waals surface area contributed by atoms with Crippen LogP contribution in [0.4, 0.5) is 11.5 Å². The number of nitrogens with one attached hydrogen (secondary N) is 2. The number of anilines is 2. The lowest BCUT2D eigenvalue weighted by molar-refractivity contribution is -0.138. The van der Waals surface area contributed by atoms with Crippen molar-refractivity contribution in [3.05, 3.63) is 90.3 Å². The Labute approximate surface area is 400 Å². The van der Waals surface area contributed by atoms with Crippen LogP contribution in [0.1, 0.15) is 78.1 Å². The second kappa shape index (κ2) is 19.0. The van der Waals surface area contributed by atoms with Gasteiger partial charge in [-0.3, -0.25) is 44.0 Å². The summed E-state index contributed by atoms with van der Waals surface area (Å²) in [4.78, 5) is 84.3. The first-order chi connectivity index (χ1) is 33.6. The third kappa shape index (κ3) is 8.92. The molecule has 4 atom stereocenters. The molecule has 69 heavy (non-hydrogen) atoms. The molecule has 0 radical (unpaired) electrons. The molecule has 358 valence electrons. The molecule has 0 saturated carbocycles. The molecule has 5 saturated heterocycles. The van der Waals surface area contributed by atoms with E-state index in [-0.39, 0.29) is 42.8 Å². The van der Waals surface area contributed by atoms with Crippen molar-refractivity contribution >= 4 is 52.1 Å². The maximum absolute atomic E-state index is 14.1. The molecule has 0 spiro atoms. The Hall–Kier alpha value is -6.76. The van der Waals surface area contributed by atoms with E-state index in [1.807, 2.05) is 70.2 Å². The van der Waals surface area contributed by atoms with Crippen molar-refractivity contribution in [1.29, 1.82) is 0 Å². The summed E-state index contributed by atoms with van der Waals surface area (Å²) in [6.45, 7) is 8.53. The zero-order valence-corrected chi connectivity index (χ0v) is 38.7. The van der Waals surface area contributed by atoms with Crippen molar-refractivity contribution in [3.63, 3.8) is 0 Å². The second-order valence-electron chi connectivity index (χ2n) is 19.4. The average molecular weight is 935 g/mol. The molecule has 11 rings (SSSR count). The normalized spacial score (nSPS) is 24.2. The number of likely N-dealkylation sites (tertiary alicyclic amines) is 2. The molecule has 0 bridgehead atoms. The number of nitrogens with two attached hydrogens (primary N) is 1. The summed E-state index contributed by atoms with van der Waals surface area (Å²) in [5, 5.41) is 11.8. The first-order valence-electron chi connectivity index (χ1n) is 24.6. The number of rotatable bonds is 10. The van der Waals surface area contributed by atoms with Gasteiger partial charge in [-0.05, 0) is 119 Å². The fourth-order valence-corrected chi connectivity index (χ4v) is 11.4. The van der Waals surface area contributed by atoms with Gasteiger partial charge in [0.2, 0.25) is 17.7 Å². The van der Waals surface area contributed by atoms with Crippen molar-refractivity contribution in [3.8, 4) is 22.8 Å². The van der Waals surface area contributed by atoms with Crippen LogP contribution in [0, 0.1) is 11.8 Å². The molecular weight excluding hydrogens is 877 g/mol. The number of piperidine rings is 4. The van der Waals surface area contributed by atoms with Gasteiger partial charge in [-0.1, -0.05) is 18.2 Å². The van der Waals surface area contributed by atoms with E-state index in [4.69, 9.17) is 15.6 Å². The van der Waals surface area contributed by atoms with E-state index in [9.17, 15) is 24.0 Å². The molecule has 5 amide bonds. The summed E-state index contributed by atoms with van der Waals surface area (Å²) < 4.78 is 7.98. The molecule has 2 aromatic heterocycles. The molecule has 18 nitrogen and oxygen atoms in total. The van der Waals surface area contributed by atoms with Gasteiger partial charge in [0.15, 0.2) is 5.65 Å². The van der Waals surface area contributed by atoms with E-state index in [0.717, 1.165) is 113 Å². The number of hydrogen-bond donors (Lipinski definition) is 3. The Morgan fingerprint density at radius 1 is 0.783 bits per heavy atom. The highest BCUT2D eigenvalue weighted by atomic mass is 16.5. The summed E-state index contributed by atoms with van der Waals surface area (Å²) in [6.07, 6.45) is 7.81. The lowest BCUT2D eigenvalue weighted by Crippen LogP contribution is -2.56. The molecule has 5 aromatic rings. The van der Waals surface area contributed by atoms with E-state index in [2.05, 4.69) is 35.3 Å². The standard InChI is InChI=1S/C51H58N12O6/c52-46-44-45(33-8-12-38(13-9-33)69-37-6-2-1-3-7-37)57-63(47(44)55-31-54-46)36-5-4-20-61(30-36)49(66)34-10-16-42(53-28-34)60-21-18-32(19-22-60)29-58-23-25-59(26-24-58)35-11-14-39-40(27-35)51(68)62(50(39)67)41-15-17-43(64)56-48(41)65/h1-3,6-9,11-14,27,31-32,34,36,41-42,53H,4-5,10,15-26,28-30H2,(H2,52,54,55)(H,56,64,65)/t34?,36-,41?,42?/m1/s1. The average Bonchev–Trinajstić information content (AvgIpc) is 3.89. The molecule has 6 aliphatic rings. The van der Waals surface area contributed by atoms with Crippen LogP contribution in [0.5, 0.6) is 11.5 Å². The number of aromatic nitrogens is 4. The van der Waals surface area contributed by atoms with Gasteiger partial charge in [0, 0.05) is 70.0 Å². The Balaban J connectivity index is 0.639. The number of carbonyl (C=O) groups excluding carboxylic acids is 5. The van der Waals surface area contributed by atoms with E-state index in [0.29, 0.717) is 58.4 Å². The summed E-state index contributed by atoms with van der Waals surface area (Å²) in [5.41, 5.74) is 10.2. The van der Waals surface area contributed by atoms with Gasteiger partial charge in [-0.25, -0.2) is 14.6 Å². The van der Waals surface area contributed by atoms with Crippen molar-refractivity contribution in [2.45, 2.75) is 69.6 Å². The maximum Gasteiger partial charge on any atom is 0.262 e. The van der Waals surface area contributed by atoms with Crippen LogP contribution in [0.15, 0.2) is 79.1 Å². The van der Waals surface area contributed by atoms with Gasteiger partial charge in [0.1, 0.15) is 35.4 Å². The van der Waals surface area contributed by atoms with Gasteiger partial charge in [-0.15, -0.1) is 0 Å². The van der Waals surface area contributed by atoms with E-state index in [1.54, 1.807) is 12.1 Å². The van der Waals surface area contributed by atoms with Crippen LogP contribution in [0.25, 0.3) is 22.3 Å². The molecule has 5 fully saturated rings. The van der Waals surface area contributed by atoms with Crippen LogP contribution < -0.4 is 26.0 Å². The van der Waals surface area contributed by atoms with E-state index < -0.39 is 23.8 Å². The lowest BCUT2D eigenvalue weighted by Gasteiger charge is -2.43. The molecular formula is C51H58N12O6. The topological polar surface area (TPSA) is 204 Å². The van der Waals surface area contributed by atoms with Crippen molar-refractivity contribution < 1.29 is 28.7 Å². The van der Waals surface area contributed by atoms with Crippen molar-refractivity contribution in [2.24, 2.45) is 11.8 Å². The molecule has 6 aliphatic heterocycles. The number of amides is 5. The van der Waals surface area contributed by atoms with Gasteiger partial charge in [0.05, 0.1) is 34.6 Å². The molecule has 0 aliphatic carbocycles. The van der Waals surface area contributed by atoms with Crippen LogP contribution >= 0.6 is 0 Å². The Bertz CT molecular complexity index is 2760. The van der Waals surface area contributed by atoms with Gasteiger partial charge >= 0.3 is 0 Å². The smallest absolute Gasteiger partial charge is 0.262 e. The highest BCUT2D eigenvalue weighted by molar-refractivity contribution is 6.23. The Kier molecular flexibility index (Phi) is 12.3. The summed E-state index contributed by atoms with van der Waals surface area (Å²) in [5.74, 6) is 0.651. The molecule has 4 N–H and O–H groups in total. The molecule has 8 heterocycles. The number of ether oxygens (including phenoxy) is 1. The van der Waals surface area contributed by atoms with Crippen molar-refractivity contribution in [1.82, 2.24) is 50.0 Å². The van der Waals surface area contributed by atoms with Gasteiger partial charge < -0.3 is 25.6 Å². The monoisotopic (exact) mass is 934 g/mol. The first kappa shape index (κ1) is 44.7. The number of nitrogens with zero attached hydrogens (tertiary/aromatic N) is 9. The minimum absolute atomic E-state index is 0.0465. The number of piperazine rings is 1. The lowest BCUT2D eigenvalue weighted by atomic mass is 9.91. The zero-order chi connectivity index (χ0) is 47.2. The number of hydrogen-bond acceptors (Lipinski definition) is 14.